The number of benzene rings is 2. The molecule has 0 saturated heterocycles. The molecule has 0 fully saturated rings. The van der Waals surface area contributed by atoms with Gasteiger partial charge >= 0.3 is 0 Å². The molecule has 0 aliphatic rings. The molecule has 2 aromatic rings. The SMILES string of the molecule is CCOc1ccc(/C=C(/C#N)C(=O)NCc2ccc(OC)cc2)c(OCC)c1. The Bertz CT molecular complexity index is 867. The number of methoxy groups -OCH3 is 1. The van der Waals surface area contributed by atoms with Crippen molar-refractivity contribution in [2.45, 2.75) is 20.4 Å². The van der Waals surface area contributed by atoms with Crippen LogP contribution in [-0.2, 0) is 11.3 Å². The van der Waals surface area contributed by atoms with Gasteiger partial charge < -0.3 is 19.5 Å². The summed E-state index contributed by atoms with van der Waals surface area (Å²) >= 11 is 0. The van der Waals surface area contributed by atoms with Crippen LogP contribution in [0.25, 0.3) is 6.08 Å². The Morgan fingerprint density at radius 2 is 1.75 bits per heavy atom. The Morgan fingerprint density at radius 1 is 1.07 bits per heavy atom. The Hall–Kier alpha value is -3.46. The Morgan fingerprint density at radius 3 is 2.36 bits per heavy atom. The second kappa shape index (κ2) is 10.6. The molecule has 0 heterocycles. The first-order chi connectivity index (χ1) is 13.6. The summed E-state index contributed by atoms with van der Waals surface area (Å²) in [5.41, 5.74) is 1.54. The van der Waals surface area contributed by atoms with Gasteiger partial charge in [0.25, 0.3) is 5.91 Å². The van der Waals surface area contributed by atoms with Gasteiger partial charge in [-0.1, -0.05) is 12.1 Å². The summed E-state index contributed by atoms with van der Waals surface area (Å²) in [5.74, 6) is 1.52. The molecule has 0 aromatic heterocycles. The van der Waals surface area contributed by atoms with E-state index in [1.807, 2.05) is 44.2 Å². The molecule has 2 aromatic carbocycles. The van der Waals surface area contributed by atoms with E-state index in [-0.39, 0.29) is 5.57 Å². The number of nitrogens with one attached hydrogen (secondary N) is 1. The van der Waals surface area contributed by atoms with Crippen LogP contribution in [-0.4, -0.2) is 26.2 Å². The van der Waals surface area contributed by atoms with Crippen LogP contribution in [0.4, 0.5) is 0 Å². The lowest BCUT2D eigenvalue weighted by Gasteiger charge is -2.11. The molecule has 0 saturated carbocycles. The van der Waals surface area contributed by atoms with E-state index in [9.17, 15) is 10.1 Å². The third-order valence-electron chi connectivity index (χ3n) is 3.87. The van der Waals surface area contributed by atoms with E-state index >= 15 is 0 Å². The first kappa shape index (κ1) is 20.8. The molecule has 0 atom stereocenters. The predicted molar refractivity (Wildman–Crippen MR) is 107 cm³/mol. The van der Waals surface area contributed by atoms with Crippen molar-refractivity contribution in [3.63, 3.8) is 0 Å². The van der Waals surface area contributed by atoms with Crippen molar-refractivity contribution >= 4 is 12.0 Å². The summed E-state index contributed by atoms with van der Waals surface area (Å²) in [5, 5.41) is 12.2. The second-order valence-corrected chi connectivity index (χ2v) is 5.77. The normalized spacial score (nSPS) is 10.7. The van der Waals surface area contributed by atoms with Crippen LogP contribution in [0.1, 0.15) is 25.0 Å². The second-order valence-electron chi connectivity index (χ2n) is 5.77. The first-order valence-corrected chi connectivity index (χ1v) is 9.03. The number of nitriles is 1. The minimum Gasteiger partial charge on any atom is -0.497 e. The van der Waals surface area contributed by atoms with Crippen LogP contribution in [0, 0.1) is 11.3 Å². The molecule has 1 N–H and O–H groups in total. The van der Waals surface area contributed by atoms with Gasteiger partial charge in [0.2, 0.25) is 0 Å². The number of ether oxygens (including phenoxy) is 3. The van der Waals surface area contributed by atoms with Gasteiger partial charge in [0.05, 0.1) is 20.3 Å². The van der Waals surface area contributed by atoms with E-state index < -0.39 is 5.91 Å². The van der Waals surface area contributed by atoms with Crippen molar-refractivity contribution in [3.8, 4) is 23.3 Å². The molecule has 146 valence electrons. The average molecular weight is 380 g/mol. The molecule has 2 rings (SSSR count). The highest BCUT2D eigenvalue weighted by Gasteiger charge is 2.12. The number of hydrogen-bond acceptors (Lipinski definition) is 5. The number of hydrogen-bond donors (Lipinski definition) is 1. The number of carbonyl (C=O) groups is 1. The van der Waals surface area contributed by atoms with Crippen molar-refractivity contribution < 1.29 is 19.0 Å². The molecular formula is C22H24N2O4. The van der Waals surface area contributed by atoms with Gasteiger partial charge in [0.1, 0.15) is 28.9 Å². The molecule has 6 heteroatoms. The summed E-state index contributed by atoms with van der Waals surface area (Å²) in [6.45, 7) is 5.08. The van der Waals surface area contributed by atoms with E-state index in [1.165, 1.54) is 6.08 Å². The highest BCUT2D eigenvalue weighted by atomic mass is 16.5. The van der Waals surface area contributed by atoms with Crippen LogP contribution in [0.3, 0.4) is 0 Å². The molecule has 0 radical (unpaired) electrons. The van der Waals surface area contributed by atoms with Crippen LogP contribution in [0.5, 0.6) is 17.2 Å². The molecule has 6 nitrogen and oxygen atoms in total. The van der Waals surface area contributed by atoms with Crippen LogP contribution < -0.4 is 19.5 Å². The first-order valence-electron chi connectivity index (χ1n) is 9.03. The lowest BCUT2D eigenvalue weighted by molar-refractivity contribution is -0.117. The molecule has 0 unspecified atom stereocenters. The minimum absolute atomic E-state index is 0.00127. The monoisotopic (exact) mass is 380 g/mol. The third kappa shape index (κ3) is 5.78. The van der Waals surface area contributed by atoms with Crippen molar-refractivity contribution in [2.75, 3.05) is 20.3 Å². The molecule has 0 spiro atoms. The molecule has 28 heavy (non-hydrogen) atoms. The summed E-state index contributed by atoms with van der Waals surface area (Å²) in [4.78, 5) is 12.4. The molecule has 0 bridgehead atoms. The summed E-state index contributed by atoms with van der Waals surface area (Å²) in [6.07, 6.45) is 1.52. The lowest BCUT2D eigenvalue weighted by atomic mass is 10.1. The van der Waals surface area contributed by atoms with Crippen molar-refractivity contribution in [1.82, 2.24) is 5.32 Å². The quantitative estimate of drug-likeness (QED) is 0.530. The third-order valence-corrected chi connectivity index (χ3v) is 3.87. The van der Waals surface area contributed by atoms with Crippen molar-refractivity contribution in [2.24, 2.45) is 0 Å². The fourth-order valence-corrected chi connectivity index (χ4v) is 2.50. The van der Waals surface area contributed by atoms with Gasteiger partial charge in [-0.05, 0) is 49.8 Å². The van der Waals surface area contributed by atoms with E-state index in [0.717, 1.165) is 11.3 Å². The van der Waals surface area contributed by atoms with E-state index in [1.54, 1.807) is 25.3 Å². The van der Waals surface area contributed by atoms with Crippen molar-refractivity contribution in [1.29, 1.82) is 5.26 Å². The Balaban J connectivity index is 2.15. The number of rotatable bonds is 9. The smallest absolute Gasteiger partial charge is 0.262 e. The zero-order chi connectivity index (χ0) is 20.4. The van der Waals surface area contributed by atoms with Gasteiger partial charge in [0, 0.05) is 18.2 Å². The topological polar surface area (TPSA) is 80.6 Å². The Kier molecular flexibility index (Phi) is 7.92. The molecular weight excluding hydrogens is 356 g/mol. The molecule has 1 amide bonds. The fraction of sp³-hybridized carbons (Fsp3) is 0.273. The number of carbonyl (C=O) groups excluding carboxylic acids is 1. The van der Waals surface area contributed by atoms with Crippen LogP contribution >= 0.6 is 0 Å². The highest BCUT2D eigenvalue weighted by Crippen LogP contribution is 2.27. The van der Waals surface area contributed by atoms with E-state index in [2.05, 4.69) is 5.32 Å². The molecule has 0 aliphatic carbocycles. The summed E-state index contributed by atoms with van der Waals surface area (Å²) < 4.78 is 16.2. The average Bonchev–Trinajstić information content (AvgIpc) is 2.72. The van der Waals surface area contributed by atoms with Crippen molar-refractivity contribution in [3.05, 3.63) is 59.2 Å². The van der Waals surface area contributed by atoms with Gasteiger partial charge in [-0.2, -0.15) is 5.26 Å². The summed E-state index contributed by atoms with van der Waals surface area (Å²) in [6, 6.07) is 14.6. The number of nitrogens with zero attached hydrogens (tertiary/aromatic N) is 1. The Labute approximate surface area is 165 Å². The lowest BCUT2D eigenvalue weighted by Crippen LogP contribution is -2.23. The zero-order valence-electron chi connectivity index (χ0n) is 16.3. The maximum Gasteiger partial charge on any atom is 0.262 e. The molecule has 0 aliphatic heterocycles. The van der Waals surface area contributed by atoms with E-state index in [4.69, 9.17) is 14.2 Å². The van der Waals surface area contributed by atoms with Gasteiger partial charge in [0.15, 0.2) is 0 Å². The zero-order valence-corrected chi connectivity index (χ0v) is 16.3. The number of amides is 1. The predicted octanol–water partition coefficient (Wildman–Crippen LogP) is 3.72. The van der Waals surface area contributed by atoms with Gasteiger partial charge in [-0.15, -0.1) is 0 Å². The maximum atomic E-state index is 12.4. The highest BCUT2D eigenvalue weighted by molar-refractivity contribution is 6.02. The van der Waals surface area contributed by atoms with E-state index in [0.29, 0.717) is 36.8 Å². The van der Waals surface area contributed by atoms with Gasteiger partial charge in [-0.3, -0.25) is 4.79 Å². The summed E-state index contributed by atoms with van der Waals surface area (Å²) in [7, 11) is 1.60. The van der Waals surface area contributed by atoms with Crippen LogP contribution in [0.15, 0.2) is 48.0 Å². The maximum absolute atomic E-state index is 12.4. The minimum atomic E-state index is -0.449. The van der Waals surface area contributed by atoms with Crippen LogP contribution in [0.2, 0.25) is 0 Å². The standard InChI is InChI=1S/C22H24N2O4/c1-4-27-20-11-8-17(21(13-20)28-5-2)12-18(14-23)22(25)24-15-16-6-9-19(26-3)10-7-16/h6-13H,4-5,15H2,1-3H3,(H,24,25)/b18-12-. The fourth-order valence-electron chi connectivity index (χ4n) is 2.50. The van der Waals surface area contributed by atoms with Gasteiger partial charge in [-0.25, -0.2) is 0 Å². The largest absolute Gasteiger partial charge is 0.497 e.